The van der Waals surface area contributed by atoms with Crippen LogP contribution in [0.2, 0.25) is 0 Å². The van der Waals surface area contributed by atoms with E-state index in [9.17, 15) is 0 Å². The van der Waals surface area contributed by atoms with Crippen molar-refractivity contribution >= 4 is 22.7 Å². The SMILES string of the molecule is CCCC1CCN(c2nc(NCC)nc3ccccc23)C1. The Morgan fingerprint density at radius 1 is 1.24 bits per heavy atom. The first-order valence-corrected chi connectivity index (χ1v) is 8.07. The van der Waals surface area contributed by atoms with Gasteiger partial charge in [-0.15, -0.1) is 0 Å². The van der Waals surface area contributed by atoms with Crippen LogP contribution in [0.3, 0.4) is 0 Å². The van der Waals surface area contributed by atoms with E-state index in [1.165, 1.54) is 19.3 Å². The molecule has 0 saturated carbocycles. The van der Waals surface area contributed by atoms with Crippen molar-refractivity contribution < 1.29 is 0 Å². The van der Waals surface area contributed by atoms with E-state index in [4.69, 9.17) is 4.98 Å². The minimum atomic E-state index is 0.741. The van der Waals surface area contributed by atoms with Gasteiger partial charge in [0.25, 0.3) is 0 Å². The van der Waals surface area contributed by atoms with Gasteiger partial charge in [-0.1, -0.05) is 25.5 Å². The summed E-state index contributed by atoms with van der Waals surface area (Å²) >= 11 is 0. The zero-order valence-corrected chi connectivity index (χ0v) is 13.0. The highest BCUT2D eigenvalue weighted by atomic mass is 15.2. The Morgan fingerprint density at radius 3 is 2.90 bits per heavy atom. The van der Waals surface area contributed by atoms with Crippen LogP contribution in [0.15, 0.2) is 24.3 Å². The monoisotopic (exact) mass is 284 g/mol. The van der Waals surface area contributed by atoms with Gasteiger partial charge in [0.1, 0.15) is 5.82 Å². The lowest BCUT2D eigenvalue weighted by Crippen LogP contribution is -2.22. The minimum Gasteiger partial charge on any atom is -0.356 e. The molecule has 21 heavy (non-hydrogen) atoms. The van der Waals surface area contributed by atoms with Gasteiger partial charge in [0.15, 0.2) is 0 Å². The summed E-state index contributed by atoms with van der Waals surface area (Å²) < 4.78 is 0. The lowest BCUT2D eigenvalue weighted by atomic mass is 10.0. The zero-order chi connectivity index (χ0) is 14.7. The first kappa shape index (κ1) is 14.1. The molecule has 1 aromatic heterocycles. The molecule has 1 saturated heterocycles. The van der Waals surface area contributed by atoms with Crippen LogP contribution in [0, 0.1) is 5.92 Å². The number of rotatable bonds is 5. The second kappa shape index (κ2) is 6.29. The Hall–Kier alpha value is -1.84. The molecule has 2 heterocycles. The number of hydrogen-bond donors (Lipinski definition) is 1. The number of nitrogens with zero attached hydrogens (tertiary/aromatic N) is 3. The predicted molar refractivity (Wildman–Crippen MR) is 88.9 cm³/mol. The molecule has 1 fully saturated rings. The third-order valence-electron chi connectivity index (χ3n) is 4.20. The highest BCUT2D eigenvalue weighted by Crippen LogP contribution is 2.30. The van der Waals surface area contributed by atoms with Crippen molar-refractivity contribution in [3.8, 4) is 0 Å². The molecule has 0 bridgehead atoms. The first-order valence-electron chi connectivity index (χ1n) is 8.07. The van der Waals surface area contributed by atoms with Crippen molar-refractivity contribution in [3.63, 3.8) is 0 Å². The van der Waals surface area contributed by atoms with E-state index in [1.54, 1.807) is 0 Å². The molecule has 0 spiro atoms. The fourth-order valence-electron chi connectivity index (χ4n) is 3.21. The molecule has 0 amide bonds. The molecule has 1 unspecified atom stereocenters. The molecule has 4 heteroatoms. The molecular formula is C17H24N4. The van der Waals surface area contributed by atoms with Crippen molar-refractivity contribution in [1.29, 1.82) is 0 Å². The van der Waals surface area contributed by atoms with Gasteiger partial charge in [-0.2, -0.15) is 4.98 Å². The average molecular weight is 284 g/mol. The van der Waals surface area contributed by atoms with Crippen molar-refractivity contribution in [2.75, 3.05) is 29.9 Å². The molecule has 0 aliphatic carbocycles. The van der Waals surface area contributed by atoms with Gasteiger partial charge < -0.3 is 10.2 Å². The number of benzene rings is 1. The maximum absolute atomic E-state index is 4.77. The summed E-state index contributed by atoms with van der Waals surface area (Å²) in [6.45, 7) is 7.42. The Morgan fingerprint density at radius 2 is 2.10 bits per heavy atom. The Bertz CT molecular complexity index is 611. The van der Waals surface area contributed by atoms with Gasteiger partial charge in [0.2, 0.25) is 5.95 Å². The normalized spacial score (nSPS) is 18.4. The predicted octanol–water partition coefficient (Wildman–Crippen LogP) is 3.69. The molecule has 1 aromatic carbocycles. The van der Waals surface area contributed by atoms with Crippen LogP contribution in [-0.2, 0) is 0 Å². The summed E-state index contributed by atoms with van der Waals surface area (Å²) in [5.74, 6) is 2.65. The highest BCUT2D eigenvalue weighted by Gasteiger charge is 2.24. The smallest absolute Gasteiger partial charge is 0.225 e. The lowest BCUT2D eigenvalue weighted by molar-refractivity contribution is 0.529. The van der Waals surface area contributed by atoms with Gasteiger partial charge >= 0.3 is 0 Å². The van der Waals surface area contributed by atoms with Gasteiger partial charge in [0.05, 0.1) is 5.52 Å². The quantitative estimate of drug-likeness (QED) is 0.909. The molecule has 1 N–H and O–H groups in total. The summed E-state index contributed by atoms with van der Waals surface area (Å²) in [7, 11) is 0. The third-order valence-corrected chi connectivity index (χ3v) is 4.20. The fraction of sp³-hybridized carbons (Fsp3) is 0.529. The van der Waals surface area contributed by atoms with E-state index in [0.717, 1.165) is 48.2 Å². The van der Waals surface area contributed by atoms with Crippen molar-refractivity contribution in [3.05, 3.63) is 24.3 Å². The van der Waals surface area contributed by atoms with Crippen molar-refractivity contribution in [2.45, 2.75) is 33.1 Å². The average Bonchev–Trinajstić information content (AvgIpc) is 2.96. The molecular weight excluding hydrogens is 260 g/mol. The minimum absolute atomic E-state index is 0.741. The van der Waals surface area contributed by atoms with Crippen LogP contribution in [0.5, 0.6) is 0 Å². The van der Waals surface area contributed by atoms with E-state index in [0.29, 0.717) is 0 Å². The van der Waals surface area contributed by atoms with Gasteiger partial charge in [-0.05, 0) is 37.8 Å². The molecule has 3 rings (SSSR count). The van der Waals surface area contributed by atoms with Gasteiger partial charge in [-0.3, -0.25) is 0 Å². The lowest BCUT2D eigenvalue weighted by Gasteiger charge is -2.20. The number of hydrogen-bond acceptors (Lipinski definition) is 4. The van der Waals surface area contributed by atoms with Crippen molar-refractivity contribution in [2.24, 2.45) is 5.92 Å². The fourth-order valence-corrected chi connectivity index (χ4v) is 3.21. The van der Waals surface area contributed by atoms with Gasteiger partial charge in [0, 0.05) is 25.0 Å². The zero-order valence-electron chi connectivity index (χ0n) is 13.0. The van der Waals surface area contributed by atoms with Crippen LogP contribution in [-0.4, -0.2) is 29.6 Å². The summed E-state index contributed by atoms with van der Waals surface area (Å²) in [5, 5.41) is 4.41. The molecule has 112 valence electrons. The molecule has 2 aromatic rings. The second-order valence-electron chi connectivity index (χ2n) is 5.81. The van der Waals surface area contributed by atoms with E-state index < -0.39 is 0 Å². The van der Waals surface area contributed by atoms with Crippen LogP contribution < -0.4 is 10.2 Å². The van der Waals surface area contributed by atoms with E-state index >= 15 is 0 Å². The number of aromatic nitrogens is 2. The molecule has 4 nitrogen and oxygen atoms in total. The van der Waals surface area contributed by atoms with E-state index in [-0.39, 0.29) is 0 Å². The third kappa shape index (κ3) is 2.94. The maximum atomic E-state index is 4.77. The van der Waals surface area contributed by atoms with Crippen molar-refractivity contribution in [1.82, 2.24) is 9.97 Å². The van der Waals surface area contributed by atoms with Crippen LogP contribution in [0.1, 0.15) is 33.1 Å². The summed E-state index contributed by atoms with van der Waals surface area (Å²) in [4.78, 5) is 11.8. The summed E-state index contributed by atoms with van der Waals surface area (Å²) in [6.07, 6.45) is 3.87. The Balaban J connectivity index is 1.96. The number of para-hydroxylation sites is 1. The Kier molecular flexibility index (Phi) is 4.23. The molecule has 1 aliphatic rings. The molecule has 0 radical (unpaired) electrons. The number of fused-ring (bicyclic) bond motifs is 1. The van der Waals surface area contributed by atoms with E-state index in [1.807, 2.05) is 6.07 Å². The largest absolute Gasteiger partial charge is 0.356 e. The molecule has 1 atom stereocenters. The van der Waals surface area contributed by atoms with Crippen LogP contribution in [0.4, 0.5) is 11.8 Å². The van der Waals surface area contributed by atoms with Gasteiger partial charge in [-0.25, -0.2) is 4.98 Å². The first-order chi connectivity index (χ1) is 10.3. The number of anilines is 2. The maximum Gasteiger partial charge on any atom is 0.225 e. The molecule has 1 aliphatic heterocycles. The second-order valence-corrected chi connectivity index (χ2v) is 5.81. The number of nitrogens with one attached hydrogen (secondary N) is 1. The highest BCUT2D eigenvalue weighted by molar-refractivity contribution is 5.90. The summed E-state index contributed by atoms with van der Waals surface area (Å²) in [5.41, 5.74) is 1.03. The van der Waals surface area contributed by atoms with E-state index in [2.05, 4.69) is 47.2 Å². The standard InChI is InChI=1S/C17H24N4/c1-3-7-13-10-11-21(12-13)16-14-8-5-6-9-15(14)19-17(20-16)18-4-2/h5-6,8-9,13H,3-4,7,10-12H2,1-2H3,(H,18,19,20). The summed E-state index contributed by atoms with van der Waals surface area (Å²) in [6, 6.07) is 8.31. The van der Waals surface area contributed by atoms with Crippen LogP contribution in [0.25, 0.3) is 10.9 Å². The Labute approximate surface area is 126 Å². The van der Waals surface area contributed by atoms with Crippen LogP contribution >= 0.6 is 0 Å². The topological polar surface area (TPSA) is 41.1 Å².